The van der Waals surface area contributed by atoms with Crippen LogP contribution in [0.15, 0.2) is 18.2 Å². The molecule has 21 heavy (non-hydrogen) atoms. The first-order valence-electron chi connectivity index (χ1n) is 7.20. The molecule has 3 rings (SSSR count). The van der Waals surface area contributed by atoms with Crippen molar-refractivity contribution in [1.29, 1.82) is 0 Å². The average molecular weight is 288 g/mol. The molecule has 0 bridgehead atoms. The summed E-state index contributed by atoms with van der Waals surface area (Å²) in [4.78, 5) is 0. The van der Waals surface area contributed by atoms with Crippen LogP contribution in [0.25, 0.3) is 0 Å². The zero-order chi connectivity index (χ0) is 15.0. The Balaban J connectivity index is 1.82. The van der Waals surface area contributed by atoms with Gasteiger partial charge < -0.3 is 14.6 Å². The second-order valence-electron chi connectivity index (χ2n) is 5.31. The minimum Gasteiger partial charge on any atom is -0.454 e. The number of rotatable bonds is 4. The SMILES string of the molecule is CCc1c(C)nn(CC(O)c2ccc3c(c2)OCO3)c1C. The normalized spacial score (nSPS) is 14.5. The van der Waals surface area contributed by atoms with Gasteiger partial charge in [-0.2, -0.15) is 5.10 Å². The van der Waals surface area contributed by atoms with Crippen molar-refractivity contribution >= 4 is 0 Å². The van der Waals surface area contributed by atoms with Gasteiger partial charge in [0.05, 0.1) is 18.3 Å². The molecule has 5 nitrogen and oxygen atoms in total. The highest BCUT2D eigenvalue weighted by Gasteiger charge is 2.18. The fourth-order valence-corrected chi connectivity index (χ4v) is 2.81. The molecule has 1 N–H and O–H groups in total. The average Bonchev–Trinajstić information content (AvgIpc) is 3.03. The van der Waals surface area contributed by atoms with E-state index in [0.29, 0.717) is 12.3 Å². The highest BCUT2D eigenvalue weighted by molar-refractivity contribution is 5.45. The van der Waals surface area contributed by atoms with E-state index in [4.69, 9.17) is 9.47 Å². The van der Waals surface area contributed by atoms with Gasteiger partial charge in [-0.1, -0.05) is 13.0 Å². The summed E-state index contributed by atoms with van der Waals surface area (Å²) in [7, 11) is 0. The minimum absolute atomic E-state index is 0.242. The summed E-state index contributed by atoms with van der Waals surface area (Å²) in [6, 6.07) is 5.53. The van der Waals surface area contributed by atoms with Crippen molar-refractivity contribution in [3.63, 3.8) is 0 Å². The number of aliphatic hydroxyl groups excluding tert-OH is 1. The van der Waals surface area contributed by atoms with Crippen LogP contribution in [0.3, 0.4) is 0 Å². The zero-order valence-electron chi connectivity index (χ0n) is 12.6. The molecule has 5 heteroatoms. The minimum atomic E-state index is -0.623. The Morgan fingerprint density at radius 3 is 2.76 bits per heavy atom. The number of fused-ring (bicyclic) bond motifs is 1. The molecule has 0 aliphatic carbocycles. The van der Waals surface area contributed by atoms with E-state index >= 15 is 0 Å². The number of hydrogen-bond acceptors (Lipinski definition) is 4. The summed E-state index contributed by atoms with van der Waals surface area (Å²) >= 11 is 0. The molecular weight excluding hydrogens is 268 g/mol. The predicted octanol–water partition coefficient (Wildman–Crippen LogP) is 2.52. The van der Waals surface area contributed by atoms with E-state index in [-0.39, 0.29) is 6.79 Å². The first-order valence-corrected chi connectivity index (χ1v) is 7.20. The maximum atomic E-state index is 10.4. The number of nitrogens with zero attached hydrogens (tertiary/aromatic N) is 2. The van der Waals surface area contributed by atoms with Crippen molar-refractivity contribution in [2.45, 2.75) is 39.8 Å². The van der Waals surface area contributed by atoms with Crippen LogP contribution >= 0.6 is 0 Å². The van der Waals surface area contributed by atoms with Gasteiger partial charge in [0, 0.05) is 5.69 Å². The molecule has 1 atom stereocenters. The maximum Gasteiger partial charge on any atom is 0.231 e. The summed E-state index contributed by atoms with van der Waals surface area (Å²) in [6.45, 7) is 6.86. The van der Waals surface area contributed by atoms with Crippen molar-refractivity contribution in [1.82, 2.24) is 9.78 Å². The summed E-state index contributed by atoms with van der Waals surface area (Å²) in [5.74, 6) is 1.42. The molecule has 2 heterocycles. The first kappa shape index (κ1) is 13.9. The van der Waals surface area contributed by atoms with Crippen molar-refractivity contribution in [3.05, 3.63) is 40.7 Å². The summed E-state index contributed by atoms with van der Waals surface area (Å²) in [5, 5.41) is 15.0. The Morgan fingerprint density at radius 1 is 1.29 bits per heavy atom. The first-order chi connectivity index (χ1) is 10.1. The largest absolute Gasteiger partial charge is 0.454 e. The number of aliphatic hydroxyl groups is 1. The van der Waals surface area contributed by atoms with Gasteiger partial charge in [0.1, 0.15) is 0 Å². The highest BCUT2D eigenvalue weighted by atomic mass is 16.7. The monoisotopic (exact) mass is 288 g/mol. The fraction of sp³-hybridized carbons (Fsp3) is 0.438. The van der Waals surface area contributed by atoms with Gasteiger partial charge in [-0.05, 0) is 43.5 Å². The summed E-state index contributed by atoms with van der Waals surface area (Å²) in [6.07, 6.45) is 0.333. The van der Waals surface area contributed by atoms with Crippen molar-refractivity contribution < 1.29 is 14.6 Å². The summed E-state index contributed by atoms with van der Waals surface area (Å²) in [5.41, 5.74) is 4.22. The van der Waals surface area contributed by atoms with Gasteiger partial charge in [0.2, 0.25) is 6.79 Å². The fourth-order valence-electron chi connectivity index (χ4n) is 2.81. The lowest BCUT2D eigenvalue weighted by molar-refractivity contribution is 0.149. The van der Waals surface area contributed by atoms with Crippen LogP contribution in [-0.4, -0.2) is 21.7 Å². The molecule has 1 unspecified atom stereocenters. The third-order valence-corrected chi connectivity index (χ3v) is 4.01. The number of aromatic nitrogens is 2. The van der Waals surface area contributed by atoms with Crippen LogP contribution in [0.4, 0.5) is 0 Å². The molecular formula is C16H20N2O3. The topological polar surface area (TPSA) is 56.5 Å². The van der Waals surface area contributed by atoms with Crippen molar-refractivity contribution in [2.24, 2.45) is 0 Å². The Labute approximate surface area is 124 Å². The van der Waals surface area contributed by atoms with Gasteiger partial charge in [-0.3, -0.25) is 4.68 Å². The third-order valence-electron chi connectivity index (χ3n) is 4.01. The lowest BCUT2D eigenvalue weighted by atomic mass is 10.1. The summed E-state index contributed by atoms with van der Waals surface area (Å²) < 4.78 is 12.5. The van der Waals surface area contributed by atoms with E-state index in [1.54, 1.807) is 0 Å². The maximum absolute atomic E-state index is 10.4. The van der Waals surface area contributed by atoms with Gasteiger partial charge in [-0.25, -0.2) is 0 Å². The molecule has 0 radical (unpaired) electrons. The van der Waals surface area contributed by atoms with Crippen LogP contribution in [0, 0.1) is 13.8 Å². The molecule has 2 aromatic rings. The zero-order valence-corrected chi connectivity index (χ0v) is 12.6. The second kappa shape index (κ2) is 5.41. The second-order valence-corrected chi connectivity index (χ2v) is 5.31. The van der Waals surface area contributed by atoms with Crippen molar-refractivity contribution in [2.75, 3.05) is 6.79 Å². The highest BCUT2D eigenvalue weighted by Crippen LogP contribution is 2.34. The molecule has 1 aliphatic heterocycles. The smallest absolute Gasteiger partial charge is 0.231 e. The standard InChI is InChI=1S/C16H20N2O3/c1-4-13-10(2)17-18(11(13)3)8-14(19)12-5-6-15-16(7-12)21-9-20-15/h5-7,14,19H,4,8-9H2,1-3H3. The number of benzene rings is 1. The predicted molar refractivity (Wildman–Crippen MR) is 78.6 cm³/mol. The van der Waals surface area contributed by atoms with E-state index in [2.05, 4.69) is 12.0 Å². The Kier molecular flexibility index (Phi) is 3.59. The van der Waals surface area contributed by atoms with E-state index in [9.17, 15) is 5.11 Å². The van der Waals surface area contributed by atoms with Crippen LogP contribution in [0.5, 0.6) is 11.5 Å². The molecule has 0 saturated heterocycles. The molecule has 112 valence electrons. The van der Waals surface area contributed by atoms with Crippen LogP contribution in [0.2, 0.25) is 0 Å². The number of aryl methyl sites for hydroxylation is 1. The van der Waals surface area contributed by atoms with Crippen molar-refractivity contribution in [3.8, 4) is 11.5 Å². The lowest BCUT2D eigenvalue weighted by Crippen LogP contribution is -2.11. The Bertz CT molecular complexity index is 664. The van der Waals surface area contributed by atoms with Gasteiger partial charge in [0.25, 0.3) is 0 Å². The van der Waals surface area contributed by atoms with Crippen LogP contribution < -0.4 is 9.47 Å². The van der Waals surface area contributed by atoms with E-state index < -0.39 is 6.10 Å². The quantitative estimate of drug-likeness (QED) is 0.939. The van der Waals surface area contributed by atoms with Crippen LogP contribution in [0.1, 0.15) is 35.5 Å². The molecule has 1 aromatic heterocycles. The van der Waals surface area contributed by atoms with Gasteiger partial charge >= 0.3 is 0 Å². The van der Waals surface area contributed by atoms with E-state index in [0.717, 1.165) is 29.1 Å². The molecule has 0 saturated carbocycles. The molecule has 0 amide bonds. The van der Waals surface area contributed by atoms with E-state index in [1.807, 2.05) is 36.7 Å². The van der Waals surface area contributed by atoms with Crippen LogP contribution in [-0.2, 0) is 13.0 Å². The molecule has 1 aliphatic rings. The number of ether oxygens (including phenoxy) is 2. The van der Waals surface area contributed by atoms with E-state index in [1.165, 1.54) is 5.56 Å². The third kappa shape index (κ3) is 2.49. The molecule has 0 fully saturated rings. The van der Waals surface area contributed by atoms with Gasteiger partial charge in [0.15, 0.2) is 11.5 Å². The lowest BCUT2D eigenvalue weighted by Gasteiger charge is -2.13. The Morgan fingerprint density at radius 2 is 2.05 bits per heavy atom. The van der Waals surface area contributed by atoms with Gasteiger partial charge in [-0.15, -0.1) is 0 Å². The Hall–Kier alpha value is -2.01. The molecule has 0 spiro atoms. The number of hydrogen-bond donors (Lipinski definition) is 1. The molecule has 1 aromatic carbocycles.